The molecule has 5 nitrogen and oxygen atoms in total. The van der Waals surface area contributed by atoms with E-state index in [0.717, 1.165) is 0 Å². The lowest BCUT2D eigenvalue weighted by atomic mass is 9.96. The number of hydrogen-bond acceptors (Lipinski definition) is 5. The molecule has 1 aliphatic heterocycles. The van der Waals surface area contributed by atoms with Crippen molar-refractivity contribution in [3.05, 3.63) is 11.7 Å². The molecular weight excluding hydrogens is 208 g/mol. The number of hydrogen-bond donors (Lipinski definition) is 1. The van der Waals surface area contributed by atoms with Crippen molar-refractivity contribution in [3.63, 3.8) is 0 Å². The van der Waals surface area contributed by atoms with E-state index in [9.17, 15) is 5.11 Å². The molecule has 0 saturated carbocycles. The maximum atomic E-state index is 10.1. The van der Waals surface area contributed by atoms with Crippen LogP contribution in [0, 0.1) is 0 Å². The van der Waals surface area contributed by atoms with E-state index in [2.05, 4.69) is 10.1 Å². The SMILES string of the molecule is CC(C)(C)c1noc(C[C@@]2(O)CCOC2)n1. The fourth-order valence-electron chi connectivity index (χ4n) is 1.65. The molecule has 1 aromatic rings. The van der Waals surface area contributed by atoms with E-state index in [4.69, 9.17) is 9.26 Å². The Bertz CT molecular complexity index is 362. The van der Waals surface area contributed by atoms with Crippen LogP contribution in [0.3, 0.4) is 0 Å². The lowest BCUT2D eigenvalue weighted by Crippen LogP contribution is -2.31. The standard InChI is InChI=1S/C11H18N2O3/c1-10(2,3)9-12-8(16-13-9)6-11(14)4-5-15-7-11/h14H,4-7H2,1-3H3/t11-/m0/s1. The Hall–Kier alpha value is -0.940. The van der Waals surface area contributed by atoms with E-state index in [0.29, 0.717) is 37.8 Å². The molecule has 0 bridgehead atoms. The summed E-state index contributed by atoms with van der Waals surface area (Å²) in [6.07, 6.45) is 0.996. The van der Waals surface area contributed by atoms with Gasteiger partial charge in [-0.05, 0) is 0 Å². The first kappa shape index (κ1) is 11.5. The Balaban J connectivity index is 2.08. The van der Waals surface area contributed by atoms with Gasteiger partial charge < -0.3 is 14.4 Å². The van der Waals surface area contributed by atoms with Crippen molar-refractivity contribution in [2.45, 2.75) is 44.6 Å². The molecule has 0 radical (unpaired) electrons. The fraction of sp³-hybridized carbons (Fsp3) is 0.818. The van der Waals surface area contributed by atoms with Crippen LogP contribution in [0.4, 0.5) is 0 Å². The second-order valence-electron chi connectivity index (χ2n) is 5.47. The average molecular weight is 226 g/mol. The van der Waals surface area contributed by atoms with E-state index < -0.39 is 5.60 Å². The number of aromatic nitrogens is 2. The first-order valence-electron chi connectivity index (χ1n) is 5.52. The molecular formula is C11H18N2O3. The van der Waals surface area contributed by atoms with Crippen LogP contribution in [-0.2, 0) is 16.6 Å². The summed E-state index contributed by atoms with van der Waals surface area (Å²) in [4.78, 5) is 4.30. The minimum absolute atomic E-state index is 0.128. The van der Waals surface area contributed by atoms with Crippen LogP contribution in [0.5, 0.6) is 0 Å². The van der Waals surface area contributed by atoms with Crippen LogP contribution in [0.1, 0.15) is 38.9 Å². The molecule has 16 heavy (non-hydrogen) atoms. The Kier molecular flexibility index (Phi) is 2.75. The molecule has 2 heterocycles. The highest BCUT2D eigenvalue weighted by Crippen LogP contribution is 2.24. The van der Waals surface area contributed by atoms with E-state index in [1.54, 1.807) is 0 Å². The molecule has 0 aliphatic carbocycles. The summed E-state index contributed by atoms with van der Waals surface area (Å²) in [5.74, 6) is 1.16. The number of aliphatic hydroxyl groups is 1. The maximum absolute atomic E-state index is 10.1. The van der Waals surface area contributed by atoms with Crippen LogP contribution >= 0.6 is 0 Å². The Morgan fingerprint density at radius 1 is 1.44 bits per heavy atom. The molecule has 1 N–H and O–H groups in total. The predicted octanol–water partition coefficient (Wildman–Crippen LogP) is 1.06. The number of ether oxygens (including phenoxy) is 1. The largest absolute Gasteiger partial charge is 0.387 e. The molecule has 0 spiro atoms. The molecule has 0 amide bonds. The van der Waals surface area contributed by atoms with Crippen molar-refractivity contribution in [3.8, 4) is 0 Å². The number of rotatable bonds is 2. The third-order valence-corrected chi connectivity index (χ3v) is 2.70. The van der Waals surface area contributed by atoms with Crippen LogP contribution in [0.2, 0.25) is 0 Å². The second-order valence-corrected chi connectivity index (χ2v) is 5.47. The monoisotopic (exact) mass is 226 g/mol. The summed E-state index contributed by atoms with van der Waals surface area (Å²) in [6.45, 7) is 7.01. The van der Waals surface area contributed by atoms with Crippen LogP contribution in [0.25, 0.3) is 0 Å². The van der Waals surface area contributed by atoms with Crippen molar-refractivity contribution in [1.82, 2.24) is 10.1 Å². The van der Waals surface area contributed by atoms with Crippen LogP contribution in [0.15, 0.2) is 4.52 Å². The smallest absolute Gasteiger partial charge is 0.229 e. The van der Waals surface area contributed by atoms with E-state index >= 15 is 0 Å². The highest BCUT2D eigenvalue weighted by Gasteiger charge is 2.35. The minimum atomic E-state index is -0.832. The van der Waals surface area contributed by atoms with Crippen LogP contribution in [-0.4, -0.2) is 34.1 Å². The Morgan fingerprint density at radius 3 is 2.69 bits per heavy atom. The lowest BCUT2D eigenvalue weighted by molar-refractivity contribution is 0.0207. The van der Waals surface area contributed by atoms with Gasteiger partial charge in [0.25, 0.3) is 0 Å². The lowest BCUT2D eigenvalue weighted by Gasteiger charge is -2.17. The zero-order chi connectivity index (χ0) is 11.8. The van der Waals surface area contributed by atoms with Crippen LogP contribution < -0.4 is 0 Å². The van der Waals surface area contributed by atoms with Gasteiger partial charge in [-0.15, -0.1) is 0 Å². The highest BCUT2D eigenvalue weighted by atomic mass is 16.5. The average Bonchev–Trinajstić information content (AvgIpc) is 2.74. The molecule has 2 rings (SSSR count). The topological polar surface area (TPSA) is 68.4 Å². The summed E-state index contributed by atoms with van der Waals surface area (Å²) in [6, 6.07) is 0. The Labute approximate surface area is 94.8 Å². The van der Waals surface area contributed by atoms with Gasteiger partial charge in [0, 0.05) is 18.4 Å². The van der Waals surface area contributed by atoms with Gasteiger partial charge in [0.1, 0.15) is 0 Å². The molecule has 0 aromatic carbocycles. The van der Waals surface area contributed by atoms with E-state index in [-0.39, 0.29) is 5.41 Å². The van der Waals surface area contributed by atoms with Gasteiger partial charge in [0.15, 0.2) is 5.82 Å². The van der Waals surface area contributed by atoms with E-state index in [1.807, 2.05) is 20.8 Å². The normalized spacial score (nSPS) is 26.2. The third kappa shape index (κ3) is 2.41. The fourth-order valence-corrected chi connectivity index (χ4v) is 1.65. The van der Waals surface area contributed by atoms with Gasteiger partial charge in [-0.1, -0.05) is 25.9 Å². The summed E-state index contributed by atoms with van der Waals surface area (Å²) < 4.78 is 10.3. The maximum Gasteiger partial charge on any atom is 0.229 e. The molecule has 1 fully saturated rings. The van der Waals surface area contributed by atoms with Gasteiger partial charge in [-0.2, -0.15) is 4.98 Å². The van der Waals surface area contributed by atoms with Gasteiger partial charge in [0.2, 0.25) is 5.89 Å². The van der Waals surface area contributed by atoms with Gasteiger partial charge >= 0.3 is 0 Å². The van der Waals surface area contributed by atoms with Crippen molar-refractivity contribution >= 4 is 0 Å². The van der Waals surface area contributed by atoms with Crippen molar-refractivity contribution < 1.29 is 14.4 Å². The molecule has 1 saturated heterocycles. The zero-order valence-electron chi connectivity index (χ0n) is 9.99. The third-order valence-electron chi connectivity index (χ3n) is 2.70. The van der Waals surface area contributed by atoms with Gasteiger partial charge in [0.05, 0.1) is 18.6 Å². The highest BCUT2D eigenvalue weighted by molar-refractivity contribution is 5.02. The van der Waals surface area contributed by atoms with Crippen molar-refractivity contribution in [1.29, 1.82) is 0 Å². The molecule has 0 unspecified atom stereocenters. The molecule has 1 aromatic heterocycles. The van der Waals surface area contributed by atoms with Crippen molar-refractivity contribution in [2.75, 3.05) is 13.2 Å². The zero-order valence-corrected chi connectivity index (χ0v) is 9.99. The van der Waals surface area contributed by atoms with Crippen molar-refractivity contribution in [2.24, 2.45) is 0 Å². The Morgan fingerprint density at radius 2 is 2.19 bits per heavy atom. The first-order chi connectivity index (χ1) is 7.39. The predicted molar refractivity (Wildman–Crippen MR) is 57.1 cm³/mol. The number of nitrogens with zero attached hydrogens (tertiary/aromatic N) is 2. The summed E-state index contributed by atoms with van der Waals surface area (Å²) in [5.41, 5.74) is -0.960. The van der Waals surface area contributed by atoms with E-state index in [1.165, 1.54) is 0 Å². The quantitative estimate of drug-likeness (QED) is 0.816. The first-order valence-corrected chi connectivity index (χ1v) is 5.52. The molecule has 1 atom stereocenters. The molecule has 5 heteroatoms. The summed E-state index contributed by atoms with van der Waals surface area (Å²) >= 11 is 0. The minimum Gasteiger partial charge on any atom is -0.387 e. The molecule has 90 valence electrons. The summed E-state index contributed by atoms with van der Waals surface area (Å²) in [7, 11) is 0. The molecule has 1 aliphatic rings. The summed E-state index contributed by atoms with van der Waals surface area (Å²) in [5, 5.41) is 14.0. The second kappa shape index (κ2) is 3.82. The van der Waals surface area contributed by atoms with Gasteiger partial charge in [-0.3, -0.25) is 0 Å². The van der Waals surface area contributed by atoms with Gasteiger partial charge in [-0.25, -0.2) is 0 Å².